The van der Waals surface area contributed by atoms with Gasteiger partial charge in [0.2, 0.25) is 0 Å². The van der Waals surface area contributed by atoms with Crippen molar-refractivity contribution >= 4 is 16.9 Å². The minimum absolute atomic E-state index is 0.198. The summed E-state index contributed by atoms with van der Waals surface area (Å²) in [5.41, 5.74) is 4.88. The van der Waals surface area contributed by atoms with Crippen molar-refractivity contribution in [3.05, 3.63) is 83.2 Å². The summed E-state index contributed by atoms with van der Waals surface area (Å²) >= 11 is 0. The molecule has 0 radical (unpaired) electrons. The fourth-order valence-electron chi connectivity index (χ4n) is 4.33. The summed E-state index contributed by atoms with van der Waals surface area (Å²) in [5.74, 6) is 2.63. The number of nitrogens with one attached hydrogen (secondary N) is 1. The predicted molar refractivity (Wildman–Crippen MR) is 141 cm³/mol. The number of hydrogen-bond donors (Lipinski definition) is 1. The van der Waals surface area contributed by atoms with Gasteiger partial charge in [-0.15, -0.1) is 0 Å². The minimum Gasteiger partial charge on any atom is -0.494 e. The van der Waals surface area contributed by atoms with E-state index in [9.17, 15) is 4.79 Å². The highest BCUT2D eigenvalue weighted by molar-refractivity contribution is 5.94. The van der Waals surface area contributed by atoms with E-state index in [-0.39, 0.29) is 5.91 Å². The molecule has 0 saturated carbocycles. The molecule has 1 amide bonds. The highest BCUT2D eigenvalue weighted by Crippen LogP contribution is 2.27. The zero-order chi connectivity index (χ0) is 25.5. The molecule has 0 aliphatic rings. The number of fused-ring (bicyclic) bond motifs is 1. The largest absolute Gasteiger partial charge is 0.494 e. The van der Waals surface area contributed by atoms with Gasteiger partial charge in [0.1, 0.15) is 11.6 Å². The predicted octanol–water partition coefficient (Wildman–Crippen LogP) is 5.46. The van der Waals surface area contributed by atoms with Gasteiger partial charge >= 0.3 is 0 Å². The van der Waals surface area contributed by atoms with E-state index in [1.807, 2.05) is 18.2 Å². The van der Waals surface area contributed by atoms with Crippen molar-refractivity contribution in [3.8, 4) is 17.2 Å². The number of unbranched alkanes of at least 4 members (excludes halogenated alkanes) is 1. The maximum Gasteiger partial charge on any atom is 0.251 e. The Morgan fingerprint density at radius 3 is 2.42 bits per heavy atom. The lowest BCUT2D eigenvalue weighted by atomic mass is 10.1. The van der Waals surface area contributed by atoms with E-state index >= 15 is 0 Å². The summed E-state index contributed by atoms with van der Waals surface area (Å²) in [4.78, 5) is 17.6. The molecule has 0 atom stereocenters. The highest BCUT2D eigenvalue weighted by Gasteiger charge is 2.14. The molecule has 1 aromatic heterocycles. The molecule has 3 aromatic carbocycles. The first-order valence-electron chi connectivity index (χ1n) is 12.1. The van der Waals surface area contributed by atoms with E-state index in [0.717, 1.165) is 42.0 Å². The van der Waals surface area contributed by atoms with Crippen LogP contribution in [0, 0.1) is 13.8 Å². The van der Waals surface area contributed by atoms with Crippen LogP contribution in [0.25, 0.3) is 11.0 Å². The van der Waals surface area contributed by atoms with E-state index in [1.165, 1.54) is 11.1 Å². The van der Waals surface area contributed by atoms with Crippen molar-refractivity contribution in [2.75, 3.05) is 20.8 Å². The molecule has 0 aliphatic carbocycles. The number of hydrogen-bond acceptors (Lipinski definition) is 5. The molecular formula is C29H33N3O4. The lowest BCUT2D eigenvalue weighted by Crippen LogP contribution is -2.25. The molecule has 0 saturated heterocycles. The van der Waals surface area contributed by atoms with Crippen LogP contribution in [0.1, 0.15) is 40.2 Å². The van der Waals surface area contributed by atoms with Gasteiger partial charge in [0.25, 0.3) is 5.91 Å². The first kappa shape index (κ1) is 25.1. The number of aromatic nitrogens is 2. The van der Waals surface area contributed by atoms with Crippen LogP contribution in [0.5, 0.6) is 17.2 Å². The maximum atomic E-state index is 12.8. The Balaban J connectivity index is 1.39. The summed E-state index contributed by atoms with van der Waals surface area (Å²) in [6, 6.07) is 19.4. The van der Waals surface area contributed by atoms with E-state index in [2.05, 4.69) is 48.0 Å². The molecule has 0 unspecified atom stereocenters. The number of ether oxygens (including phenoxy) is 3. The van der Waals surface area contributed by atoms with E-state index in [1.54, 1.807) is 32.4 Å². The number of carbonyl (C=O) groups excluding carboxylic acids is 1. The molecule has 36 heavy (non-hydrogen) atoms. The Labute approximate surface area is 212 Å². The van der Waals surface area contributed by atoms with Crippen molar-refractivity contribution in [2.45, 2.75) is 39.8 Å². The molecule has 1 heterocycles. The van der Waals surface area contributed by atoms with Crippen LogP contribution in [-0.4, -0.2) is 36.3 Å². The van der Waals surface area contributed by atoms with Crippen molar-refractivity contribution in [1.29, 1.82) is 0 Å². The van der Waals surface area contributed by atoms with E-state index < -0.39 is 0 Å². The third kappa shape index (κ3) is 5.97. The number of benzene rings is 3. The third-order valence-electron chi connectivity index (χ3n) is 6.03. The quantitative estimate of drug-likeness (QED) is 0.284. The van der Waals surface area contributed by atoms with Crippen LogP contribution in [0.4, 0.5) is 0 Å². The van der Waals surface area contributed by atoms with Gasteiger partial charge in [0.05, 0.1) is 38.4 Å². The number of methoxy groups -OCH3 is 2. The second-order valence-electron chi connectivity index (χ2n) is 8.80. The summed E-state index contributed by atoms with van der Waals surface area (Å²) in [5, 5.41) is 3.00. The zero-order valence-corrected chi connectivity index (χ0v) is 21.3. The number of carbonyl (C=O) groups is 1. The summed E-state index contributed by atoms with van der Waals surface area (Å²) in [7, 11) is 3.12. The molecule has 0 spiro atoms. The van der Waals surface area contributed by atoms with Crippen LogP contribution in [-0.2, 0) is 13.1 Å². The van der Waals surface area contributed by atoms with Gasteiger partial charge in [0, 0.05) is 12.1 Å². The second-order valence-corrected chi connectivity index (χ2v) is 8.80. The zero-order valence-electron chi connectivity index (χ0n) is 21.3. The molecule has 4 aromatic rings. The molecule has 1 N–H and O–H groups in total. The maximum absolute atomic E-state index is 12.8. The highest BCUT2D eigenvalue weighted by atomic mass is 16.5. The van der Waals surface area contributed by atoms with E-state index in [0.29, 0.717) is 30.2 Å². The van der Waals surface area contributed by atoms with Gasteiger partial charge in [-0.3, -0.25) is 4.79 Å². The van der Waals surface area contributed by atoms with Crippen molar-refractivity contribution < 1.29 is 19.0 Å². The van der Waals surface area contributed by atoms with Crippen LogP contribution in [0.3, 0.4) is 0 Å². The Morgan fingerprint density at radius 1 is 0.917 bits per heavy atom. The normalized spacial score (nSPS) is 10.9. The smallest absolute Gasteiger partial charge is 0.251 e. The monoisotopic (exact) mass is 487 g/mol. The van der Waals surface area contributed by atoms with Crippen LogP contribution in [0.15, 0.2) is 60.7 Å². The Morgan fingerprint density at radius 2 is 1.67 bits per heavy atom. The minimum atomic E-state index is -0.198. The molecule has 0 aliphatic heterocycles. The number of imidazole rings is 1. The van der Waals surface area contributed by atoms with Crippen molar-refractivity contribution in [1.82, 2.24) is 14.9 Å². The SMILES string of the molecule is COc1ccc(C(=O)NCc2nc3ccccc3n2CCCCOc2cc(C)cc(C)c2)cc1OC. The van der Waals surface area contributed by atoms with Crippen molar-refractivity contribution in [3.63, 3.8) is 0 Å². The Hall–Kier alpha value is -4.00. The summed E-state index contributed by atoms with van der Waals surface area (Å²) in [6.45, 7) is 5.92. The van der Waals surface area contributed by atoms with Crippen LogP contribution < -0.4 is 19.5 Å². The Kier molecular flexibility index (Phi) is 8.10. The number of rotatable bonds is 11. The number of amides is 1. The van der Waals surface area contributed by atoms with Gasteiger partial charge in [-0.05, 0) is 80.3 Å². The van der Waals surface area contributed by atoms with Crippen molar-refractivity contribution in [2.24, 2.45) is 0 Å². The Bertz CT molecular complexity index is 1330. The van der Waals surface area contributed by atoms with Gasteiger partial charge in [-0.25, -0.2) is 4.98 Å². The third-order valence-corrected chi connectivity index (χ3v) is 6.03. The fraction of sp³-hybridized carbons (Fsp3) is 0.310. The molecule has 0 bridgehead atoms. The molecule has 188 valence electrons. The van der Waals surface area contributed by atoms with Crippen LogP contribution in [0.2, 0.25) is 0 Å². The second kappa shape index (κ2) is 11.6. The average molecular weight is 488 g/mol. The molecule has 0 fully saturated rings. The molecular weight excluding hydrogens is 454 g/mol. The molecule has 7 heteroatoms. The van der Waals surface area contributed by atoms with Gasteiger partial charge < -0.3 is 24.1 Å². The number of nitrogens with zero attached hydrogens (tertiary/aromatic N) is 2. The fourth-order valence-corrected chi connectivity index (χ4v) is 4.33. The summed E-state index contributed by atoms with van der Waals surface area (Å²) in [6.07, 6.45) is 1.85. The van der Waals surface area contributed by atoms with Crippen LogP contribution >= 0.6 is 0 Å². The molecule has 7 nitrogen and oxygen atoms in total. The molecule has 4 rings (SSSR count). The number of aryl methyl sites for hydroxylation is 3. The number of para-hydroxylation sites is 2. The first-order chi connectivity index (χ1) is 17.5. The lowest BCUT2D eigenvalue weighted by molar-refractivity contribution is 0.0949. The van der Waals surface area contributed by atoms with Gasteiger partial charge in [-0.1, -0.05) is 18.2 Å². The topological polar surface area (TPSA) is 74.6 Å². The van der Waals surface area contributed by atoms with Gasteiger partial charge in [0.15, 0.2) is 11.5 Å². The summed E-state index contributed by atoms with van der Waals surface area (Å²) < 4.78 is 18.7. The lowest BCUT2D eigenvalue weighted by Gasteiger charge is -2.12. The van der Waals surface area contributed by atoms with E-state index in [4.69, 9.17) is 19.2 Å². The first-order valence-corrected chi connectivity index (χ1v) is 12.1. The van der Waals surface area contributed by atoms with Gasteiger partial charge in [-0.2, -0.15) is 0 Å². The standard InChI is InChI=1S/C29H33N3O4/c1-20-15-21(2)17-23(16-20)36-14-8-7-13-32-25-10-6-5-9-24(25)31-28(32)19-30-29(33)22-11-12-26(34-3)27(18-22)35-4/h5-6,9-12,15-18H,7-8,13-14,19H2,1-4H3,(H,30,33). The average Bonchev–Trinajstić information content (AvgIpc) is 3.23.